The summed E-state index contributed by atoms with van der Waals surface area (Å²) in [7, 11) is 3.37. The molecule has 2 aliphatic heterocycles. The number of thiazole rings is 1. The number of benzene rings is 1. The van der Waals surface area contributed by atoms with Gasteiger partial charge < -0.3 is 40.2 Å². The number of hydrogen-bond acceptors (Lipinski definition) is 11. The number of anilines is 1. The Hall–Kier alpha value is -4.92. The number of carbonyl (C=O) groups excluding carboxylic acids is 3. The molecule has 0 spiro atoms. The van der Waals surface area contributed by atoms with Crippen LogP contribution in [-0.2, 0) is 19.1 Å². The SMILES string of the molecule is CNc1nc(-c2cc(O[C@@H]3C[C@H]4C(=O)N[C@]5(C(=O)O)C[C@H]5/C=C\CCCCC[C@@H](NC(=O)OC5CCCC5)C(=O)N4C3)c3ccc(OC)cc3n2)cs1. The molecule has 7 rings (SSSR count). The Labute approximate surface area is 311 Å². The van der Waals surface area contributed by atoms with Crippen molar-refractivity contribution in [2.24, 2.45) is 5.92 Å². The van der Waals surface area contributed by atoms with Crippen LogP contribution in [0.5, 0.6) is 11.5 Å². The van der Waals surface area contributed by atoms with Gasteiger partial charge in [-0.05, 0) is 63.5 Å². The molecule has 15 heteroatoms. The molecule has 2 aromatic heterocycles. The molecule has 282 valence electrons. The molecule has 53 heavy (non-hydrogen) atoms. The van der Waals surface area contributed by atoms with Crippen molar-refractivity contribution < 1.29 is 38.5 Å². The molecule has 0 unspecified atom stereocenters. The molecule has 1 aromatic carbocycles. The molecule has 2 saturated carbocycles. The fourth-order valence-corrected chi connectivity index (χ4v) is 8.36. The fraction of sp³-hybridized carbons (Fsp3) is 0.526. The lowest BCUT2D eigenvalue weighted by atomic mass is 10.0. The summed E-state index contributed by atoms with van der Waals surface area (Å²) in [6.07, 6.45) is 9.72. The van der Waals surface area contributed by atoms with Gasteiger partial charge in [-0.3, -0.25) is 9.59 Å². The molecular weight excluding hydrogens is 701 g/mol. The number of amides is 3. The van der Waals surface area contributed by atoms with Crippen molar-refractivity contribution in [1.82, 2.24) is 25.5 Å². The minimum atomic E-state index is -1.45. The van der Waals surface area contributed by atoms with Crippen LogP contribution < -0.4 is 25.4 Å². The molecule has 3 amide bonds. The Bertz CT molecular complexity index is 1890. The van der Waals surface area contributed by atoms with Gasteiger partial charge in [0.1, 0.15) is 47.0 Å². The van der Waals surface area contributed by atoms with Crippen molar-refractivity contribution in [3.8, 4) is 22.9 Å². The van der Waals surface area contributed by atoms with Gasteiger partial charge in [-0.2, -0.15) is 0 Å². The van der Waals surface area contributed by atoms with Gasteiger partial charge in [0, 0.05) is 42.3 Å². The van der Waals surface area contributed by atoms with Crippen LogP contribution in [0.3, 0.4) is 0 Å². The van der Waals surface area contributed by atoms with Gasteiger partial charge in [0.05, 0.1) is 24.9 Å². The minimum Gasteiger partial charge on any atom is -0.497 e. The smallest absolute Gasteiger partial charge is 0.408 e. The Morgan fingerprint density at radius 1 is 1.04 bits per heavy atom. The van der Waals surface area contributed by atoms with Crippen LogP contribution >= 0.6 is 11.3 Å². The average molecular weight is 747 g/mol. The normalized spacial score (nSPS) is 27.1. The highest BCUT2D eigenvalue weighted by Crippen LogP contribution is 2.45. The maximum Gasteiger partial charge on any atom is 0.408 e. The topological polar surface area (TPSA) is 181 Å². The molecule has 4 N–H and O–H groups in total. The number of nitrogens with one attached hydrogen (secondary N) is 3. The predicted octanol–water partition coefficient (Wildman–Crippen LogP) is 5.27. The summed E-state index contributed by atoms with van der Waals surface area (Å²) < 4.78 is 17.8. The highest BCUT2D eigenvalue weighted by atomic mass is 32.1. The quantitative estimate of drug-likeness (QED) is 0.221. The third kappa shape index (κ3) is 7.90. The van der Waals surface area contributed by atoms with Crippen molar-refractivity contribution in [1.29, 1.82) is 0 Å². The molecule has 0 bridgehead atoms. The van der Waals surface area contributed by atoms with E-state index in [1.54, 1.807) is 32.4 Å². The van der Waals surface area contributed by atoms with E-state index in [0.717, 1.165) is 50.1 Å². The third-order valence-electron chi connectivity index (χ3n) is 10.7. The van der Waals surface area contributed by atoms with Gasteiger partial charge in [-0.1, -0.05) is 25.0 Å². The van der Waals surface area contributed by atoms with Crippen LogP contribution in [0.15, 0.2) is 41.8 Å². The molecule has 14 nitrogen and oxygen atoms in total. The van der Waals surface area contributed by atoms with Crippen LogP contribution in [0.1, 0.15) is 70.6 Å². The molecule has 0 radical (unpaired) electrons. The molecule has 1 saturated heterocycles. The number of alkyl carbamates (subject to hydrolysis) is 1. The number of carboxylic acids is 1. The first kappa shape index (κ1) is 36.4. The van der Waals surface area contributed by atoms with Gasteiger partial charge in [0.2, 0.25) is 11.8 Å². The van der Waals surface area contributed by atoms with E-state index >= 15 is 0 Å². The lowest BCUT2D eigenvalue weighted by Gasteiger charge is -2.29. The zero-order valence-electron chi connectivity index (χ0n) is 30.0. The summed E-state index contributed by atoms with van der Waals surface area (Å²) in [5.74, 6) is -1.37. The number of allylic oxidation sites excluding steroid dienone is 1. The largest absolute Gasteiger partial charge is 0.497 e. The standard InChI is InChI=1S/C38H46N6O8S/c1-39-36-41-30(21-53-36)29-18-32(26-15-14-24(50-2)16-28(26)40-29)51-25-17-31-33(45)43-38(35(47)48)19-22(38)10-6-4-3-5-7-13-27(34(46)44(31)20-25)42-37(49)52-23-11-8-9-12-23/h6,10,14-16,18,21-23,25,27,31H,3-5,7-9,11-13,17,19-20H2,1-2H3,(H,39,41)(H,42,49)(H,43,45)(H,47,48)/b10-6-/t22-,25-,27-,31+,38-/m1/s1. The number of ether oxygens (including phenoxy) is 3. The monoisotopic (exact) mass is 746 g/mol. The number of carboxylic acid groups (broad SMARTS) is 1. The number of fused-ring (bicyclic) bond motifs is 3. The van der Waals surface area contributed by atoms with E-state index in [1.807, 2.05) is 23.6 Å². The third-order valence-corrected chi connectivity index (χ3v) is 11.6. The number of rotatable bonds is 8. The molecule has 3 aromatic rings. The minimum absolute atomic E-state index is 0.0338. The molecule has 4 aliphatic rings. The highest BCUT2D eigenvalue weighted by Gasteiger charge is 2.61. The Balaban J connectivity index is 1.20. The van der Waals surface area contributed by atoms with Gasteiger partial charge in [-0.25, -0.2) is 19.6 Å². The highest BCUT2D eigenvalue weighted by molar-refractivity contribution is 7.14. The van der Waals surface area contributed by atoms with Crippen LogP contribution in [0.4, 0.5) is 9.93 Å². The number of nitrogens with zero attached hydrogens (tertiary/aromatic N) is 3. The maximum absolute atomic E-state index is 14.5. The van der Waals surface area contributed by atoms with Crippen molar-refractivity contribution in [3.63, 3.8) is 0 Å². The van der Waals surface area contributed by atoms with Gasteiger partial charge in [0.15, 0.2) is 5.13 Å². The molecule has 5 atom stereocenters. The number of aromatic nitrogens is 2. The lowest BCUT2D eigenvalue weighted by Crippen LogP contribution is -2.56. The Morgan fingerprint density at radius 3 is 2.60 bits per heavy atom. The van der Waals surface area contributed by atoms with Crippen molar-refractivity contribution in [3.05, 3.63) is 41.8 Å². The number of methoxy groups -OCH3 is 1. The van der Waals surface area contributed by atoms with Crippen molar-refractivity contribution in [2.75, 3.05) is 26.0 Å². The summed E-state index contributed by atoms with van der Waals surface area (Å²) in [5, 5.41) is 22.2. The van der Waals surface area contributed by atoms with Crippen LogP contribution in [0.25, 0.3) is 22.3 Å². The van der Waals surface area contributed by atoms with Crippen molar-refractivity contribution >= 4 is 51.2 Å². The van der Waals surface area contributed by atoms with E-state index in [-0.39, 0.29) is 31.4 Å². The first-order chi connectivity index (χ1) is 25.7. The van der Waals surface area contributed by atoms with Gasteiger partial charge >= 0.3 is 12.1 Å². The predicted molar refractivity (Wildman–Crippen MR) is 198 cm³/mol. The van der Waals surface area contributed by atoms with Crippen LogP contribution in [0, 0.1) is 5.92 Å². The van der Waals surface area contributed by atoms with E-state index < -0.39 is 47.6 Å². The van der Waals surface area contributed by atoms with E-state index in [4.69, 9.17) is 19.2 Å². The zero-order chi connectivity index (χ0) is 37.1. The Kier molecular flexibility index (Phi) is 10.7. The van der Waals surface area contributed by atoms with Crippen LogP contribution in [0.2, 0.25) is 0 Å². The first-order valence-electron chi connectivity index (χ1n) is 18.5. The zero-order valence-corrected chi connectivity index (χ0v) is 30.8. The van der Waals surface area contributed by atoms with Gasteiger partial charge in [-0.15, -0.1) is 11.3 Å². The number of carbonyl (C=O) groups is 4. The van der Waals surface area contributed by atoms with E-state index in [2.05, 4.69) is 20.9 Å². The molecule has 2 aliphatic carbocycles. The lowest BCUT2D eigenvalue weighted by molar-refractivity contribution is -0.145. The second kappa shape index (κ2) is 15.6. The van der Waals surface area contributed by atoms with E-state index in [9.17, 15) is 24.3 Å². The first-order valence-corrected chi connectivity index (χ1v) is 19.3. The van der Waals surface area contributed by atoms with Crippen LogP contribution in [-0.4, -0.2) is 94.4 Å². The molecule has 3 fully saturated rings. The maximum atomic E-state index is 14.5. The molecule has 4 heterocycles. The number of pyridine rings is 1. The van der Waals surface area contributed by atoms with Crippen molar-refractivity contribution in [2.45, 2.75) is 100 Å². The van der Waals surface area contributed by atoms with E-state index in [0.29, 0.717) is 46.6 Å². The van der Waals surface area contributed by atoms with E-state index in [1.165, 1.54) is 16.2 Å². The average Bonchev–Trinajstić information content (AvgIpc) is 3.60. The summed E-state index contributed by atoms with van der Waals surface area (Å²) >= 11 is 1.44. The summed E-state index contributed by atoms with van der Waals surface area (Å²) in [5.41, 5.74) is 0.382. The number of aliphatic carboxylic acids is 1. The second-order valence-electron chi connectivity index (χ2n) is 14.3. The summed E-state index contributed by atoms with van der Waals surface area (Å²) in [6.45, 7) is 0.0338. The second-order valence-corrected chi connectivity index (χ2v) is 15.2. The fourth-order valence-electron chi connectivity index (χ4n) is 7.70. The number of hydrogen-bond donors (Lipinski definition) is 4. The Morgan fingerprint density at radius 2 is 1.85 bits per heavy atom. The summed E-state index contributed by atoms with van der Waals surface area (Å²) in [4.78, 5) is 65.2. The molecular formula is C38H46N6O8S. The van der Waals surface area contributed by atoms with Gasteiger partial charge in [0.25, 0.3) is 0 Å². The summed E-state index contributed by atoms with van der Waals surface area (Å²) in [6, 6.07) is 5.27.